The quantitative estimate of drug-likeness (QED) is 0.818. The Morgan fingerprint density at radius 3 is 3.00 bits per heavy atom. The van der Waals surface area contributed by atoms with Gasteiger partial charge in [0.25, 0.3) is 0 Å². The Balaban J connectivity index is 1.48. The van der Waals surface area contributed by atoms with Crippen LogP contribution < -0.4 is 5.32 Å². The van der Waals surface area contributed by atoms with Gasteiger partial charge in [0.05, 0.1) is 4.87 Å². The lowest BCUT2D eigenvalue weighted by Crippen LogP contribution is -2.48. The van der Waals surface area contributed by atoms with Gasteiger partial charge in [-0.2, -0.15) is 0 Å². The van der Waals surface area contributed by atoms with Gasteiger partial charge in [-0.3, -0.25) is 9.59 Å². The number of anilines is 1. The van der Waals surface area contributed by atoms with Crippen molar-refractivity contribution in [1.82, 2.24) is 9.88 Å². The maximum atomic E-state index is 12.8. The molecule has 0 radical (unpaired) electrons. The van der Waals surface area contributed by atoms with E-state index in [-0.39, 0.29) is 16.7 Å². The highest BCUT2D eigenvalue weighted by molar-refractivity contribution is 8.01. The lowest BCUT2D eigenvalue weighted by atomic mass is 10.1. The fourth-order valence-corrected chi connectivity index (χ4v) is 4.92. The van der Waals surface area contributed by atoms with Gasteiger partial charge in [0, 0.05) is 29.6 Å². The molecule has 2 amide bonds. The Kier molecular flexibility index (Phi) is 4.63. The van der Waals surface area contributed by atoms with E-state index >= 15 is 0 Å². The number of aromatic nitrogens is 1. The number of hydrogen-bond donors (Lipinski definition) is 1. The Morgan fingerprint density at radius 1 is 1.30 bits per heavy atom. The Morgan fingerprint density at radius 2 is 2.19 bits per heavy atom. The average molecular weight is 377 g/mol. The van der Waals surface area contributed by atoms with Gasteiger partial charge in [0.1, 0.15) is 11.7 Å². The lowest BCUT2D eigenvalue weighted by Gasteiger charge is -2.29. The van der Waals surface area contributed by atoms with Gasteiger partial charge < -0.3 is 10.2 Å². The zero-order chi connectivity index (χ0) is 18.9. The number of thioether (sulfide) groups is 1. The summed E-state index contributed by atoms with van der Waals surface area (Å²) >= 11 is 1.69. The van der Waals surface area contributed by atoms with Crippen molar-refractivity contribution < 1.29 is 9.59 Å². The molecule has 4 rings (SSSR count). The van der Waals surface area contributed by atoms with Crippen LogP contribution in [0.5, 0.6) is 0 Å². The zero-order valence-electron chi connectivity index (χ0n) is 14.9. The highest BCUT2D eigenvalue weighted by Gasteiger charge is 2.52. The molecule has 6 heteroatoms. The number of pyridine rings is 1. The average Bonchev–Trinajstić information content (AvgIpc) is 3.17. The molecule has 2 saturated heterocycles. The van der Waals surface area contributed by atoms with Crippen molar-refractivity contribution in [3.8, 4) is 11.8 Å². The van der Waals surface area contributed by atoms with Crippen LogP contribution in [-0.2, 0) is 9.59 Å². The summed E-state index contributed by atoms with van der Waals surface area (Å²) in [5.41, 5.74) is 2.17. The summed E-state index contributed by atoms with van der Waals surface area (Å²) in [6, 6.07) is 12.6. The zero-order valence-corrected chi connectivity index (χ0v) is 15.8. The molecule has 1 aromatic heterocycles. The van der Waals surface area contributed by atoms with E-state index in [1.54, 1.807) is 22.9 Å². The first-order chi connectivity index (χ1) is 13.0. The molecule has 2 aliphatic heterocycles. The SMILES string of the molecule is C[C@]12CCC(=O)N1[C@H](C(=O)Nc1cccc(C#Cc3ccccn3)c1)CS2. The molecular formula is C21H19N3O2S. The number of carbonyl (C=O) groups excluding carboxylic acids is 2. The summed E-state index contributed by atoms with van der Waals surface area (Å²) in [5, 5.41) is 2.94. The molecule has 0 saturated carbocycles. The second-order valence-electron chi connectivity index (χ2n) is 6.80. The topological polar surface area (TPSA) is 62.3 Å². The first-order valence-corrected chi connectivity index (χ1v) is 9.84. The van der Waals surface area contributed by atoms with E-state index in [0.717, 1.165) is 12.0 Å². The molecule has 3 heterocycles. The summed E-state index contributed by atoms with van der Waals surface area (Å²) in [7, 11) is 0. The molecule has 0 aliphatic carbocycles. The Bertz CT molecular complexity index is 951. The summed E-state index contributed by atoms with van der Waals surface area (Å²) in [5.74, 6) is 6.63. The minimum Gasteiger partial charge on any atom is -0.324 e. The molecular weight excluding hydrogens is 358 g/mol. The monoisotopic (exact) mass is 377 g/mol. The third-order valence-electron chi connectivity index (χ3n) is 4.88. The summed E-state index contributed by atoms with van der Waals surface area (Å²) < 4.78 is 0. The van der Waals surface area contributed by atoms with Crippen LogP contribution in [0.1, 0.15) is 31.0 Å². The van der Waals surface area contributed by atoms with Crippen LogP contribution in [0.15, 0.2) is 48.7 Å². The van der Waals surface area contributed by atoms with Crippen LogP contribution in [0.2, 0.25) is 0 Å². The molecule has 2 fully saturated rings. The molecule has 0 bridgehead atoms. The van der Waals surface area contributed by atoms with Crippen molar-refractivity contribution in [3.63, 3.8) is 0 Å². The molecule has 0 spiro atoms. The van der Waals surface area contributed by atoms with Gasteiger partial charge in [0.15, 0.2) is 0 Å². The van der Waals surface area contributed by atoms with Crippen molar-refractivity contribution >= 4 is 29.3 Å². The summed E-state index contributed by atoms with van der Waals surface area (Å²) in [6.45, 7) is 2.05. The first-order valence-electron chi connectivity index (χ1n) is 8.85. The number of amides is 2. The fraction of sp³-hybridized carbons (Fsp3) is 0.286. The minimum atomic E-state index is -0.418. The Labute approximate surface area is 162 Å². The fourth-order valence-electron chi connectivity index (χ4n) is 3.49. The van der Waals surface area contributed by atoms with Gasteiger partial charge >= 0.3 is 0 Å². The van der Waals surface area contributed by atoms with E-state index in [1.165, 1.54) is 0 Å². The van der Waals surface area contributed by atoms with E-state index in [4.69, 9.17) is 0 Å². The largest absolute Gasteiger partial charge is 0.324 e. The minimum absolute atomic E-state index is 0.0672. The Hall–Kier alpha value is -2.78. The normalized spacial score (nSPS) is 23.5. The van der Waals surface area contributed by atoms with E-state index in [0.29, 0.717) is 23.6 Å². The first kappa shape index (κ1) is 17.6. The molecule has 27 heavy (non-hydrogen) atoms. The third-order valence-corrected chi connectivity index (χ3v) is 6.38. The maximum absolute atomic E-state index is 12.8. The third kappa shape index (κ3) is 3.56. The number of fused-ring (bicyclic) bond motifs is 1. The van der Waals surface area contributed by atoms with Crippen molar-refractivity contribution in [3.05, 3.63) is 59.9 Å². The predicted molar refractivity (Wildman–Crippen MR) is 106 cm³/mol. The van der Waals surface area contributed by atoms with Crippen LogP contribution in [0.25, 0.3) is 0 Å². The number of nitrogens with zero attached hydrogens (tertiary/aromatic N) is 2. The van der Waals surface area contributed by atoms with Gasteiger partial charge in [-0.1, -0.05) is 18.1 Å². The van der Waals surface area contributed by atoms with Gasteiger partial charge in [-0.05, 0) is 49.6 Å². The smallest absolute Gasteiger partial charge is 0.248 e. The van der Waals surface area contributed by atoms with Crippen LogP contribution in [0.3, 0.4) is 0 Å². The predicted octanol–water partition coefficient (Wildman–Crippen LogP) is 2.87. The molecule has 1 N–H and O–H groups in total. The van der Waals surface area contributed by atoms with E-state index in [1.807, 2.05) is 49.4 Å². The van der Waals surface area contributed by atoms with E-state index in [2.05, 4.69) is 22.1 Å². The molecule has 0 unspecified atom stereocenters. The summed E-state index contributed by atoms with van der Waals surface area (Å²) in [6.07, 6.45) is 3.03. The molecule has 1 aromatic carbocycles. The second-order valence-corrected chi connectivity index (χ2v) is 8.30. The number of hydrogen-bond acceptors (Lipinski definition) is 4. The molecule has 2 atom stereocenters. The highest BCUT2D eigenvalue weighted by atomic mass is 32.2. The lowest BCUT2D eigenvalue weighted by molar-refractivity contribution is -0.135. The van der Waals surface area contributed by atoms with Gasteiger partial charge in [-0.15, -0.1) is 11.8 Å². The standard InChI is InChI=1S/C21H19N3O2S/c1-21-11-10-19(25)24(21)18(14-27-21)20(26)23-17-7-4-5-15(13-17)8-9-16-6-2-3-12-22-16/h2-7,12-13,18H,10-11,14H2,1H3,(H,23,26)/t18-,21-/m0/s1. The van der Waals surface area contributed by atoms with Crippen molar-refractivity contribution in [2.75, 3.05) is 11.1 Å². The van der Waals surface area contributed by atoms with Crippen molar-refractivity contribution in [2.45, 2.75) is 30.7 Å². The van der Waals surface area contributed by atoms with Crippen LogP contribution in [0, 0.1) is 11.8 Å². The van der Waals surface area contributed by atoms with E-state index in [9.17, 15) is 9.59 Å². The van der Waals surface area contributed by atoms with Gasteiger partial charge in [-0.25, -0.2) is 4.98 Å². The molecule has 5 nitrogen and oxygen atoms in total. The van der Waals surface area contributed by atoms with Crippen LogP contribution >= 0.6 is 11.8 Å². The second kappa shape index (κ2) is 7.09. The van der Waals surface area contributed by atoms with E-state index < -0.39 is 6.04 Å². The maximum Gasteiger partial charge on any atom is 0.248 e. The van der Waals surface area contributed by atoms with Crippen LogP contribution in [-0.4, -0.2) is 38.4 Å². The molecule has 2 aromatic rings. The number of benzene rings is 1. The highest BCUT2D eigenvalue weighted by Crippen LogP contribution is 2.47. The van der Waals surface area contributed by atoms with Crippen LogP contribution in [0.4, 0.5) is 5.69 Å². The van der Waals surface area contributed by atoms with Crippen molar-refractivity contribution in [1.29, 1.82) is 0 Å². The van der Waals surface area contributed by atoms with Gasteiger partial charge in [0.2, 0.25) is 11.8 Å². The molecule has 136 valence electrons. The molecule has 2 aliphatic rings. The van der Waals surface area contributed by atoms with Crippen molar-refractivity contribution in [2.24, 2.45) is 0 Å². The summed E-state index contributed by atoms with van der Waals surface area (Å²) in [4.78, 5) is 30.7. The number of nitrogens with one attached hydrogen (secondary N) is 1. The number of rotatable bonds is 2. The number of carbonyl (C=O) groups is 2.